The number of nitrogens with one attached hydrogen (secondary N) is 2. The Kier molecular flexibility index (Phi) is 6.93. The van der Waals surface area contributed by atoms with Gasteiger partial charge in [-0.15, -0.1) is 0 Å². The maximum absolute atomic E-state index is 11.9. The van der Waals surface area contributed by atoms with Crippen LogP contribution >= 0.6 is 15.9 Å². The number of hydrogen-bond donors (Lipinski definition) is 2. The zero-order valence-electron chi connectivity index (χ0n) is 13.3. The Morgan fingerprint density at radius 3 is 2.64 bits per heavy atom. The van der Waals surface area contributed by atoms with E-state index in [1.54, 1.807) is 30.3 Å². The van der Waals surface area contributed by atoms with Crippen LogP contribution in [-0.2, 0) is 16.1 Å². The van der Waals surface area contributed by atoms with E-state index in [0.29, 0.717) is 12.2 Å². The van der Waals surface area contributed by atoms with Gasteiger partial charge in [-0.3, -0.25) is 9.59 Å². The van der Waals surface area contributed by atoms with Crippen molar-refractivity contribution in [1.82, 2.24) is 5.32 Å². The zero-order valence-corrected chi connectivity index (χ0v) is 14.9. The molecule has 2 amide bonds. The van der Waals surface area contributed by atoms with E-state index in [1.165, 1.54) is 6.08 Å². The number of carbonyl (C=O) groups is 2. The molecular weight excluding hydrogens is 382 g/mol. The van der Waals surface area contributed by atoms with Crippen molar-refractivity contribution in [2.45, 2.75) is 13.0 Å². The van der Waals surface area contributed by atoms with Crippen LogP contribution in [-0.4, -0.2) is 11.8 Å². The van der Waals surface area contributed by atoms with Gasteiger partial charge in [-0.2, -0.15) is 5.26 Å². The van der Waals surface area contributed by atoms with Crippen molar-refractivity contribution in [2.24, 2.45) is 0 Å². The van der Waals surface area contributed by atoms with Gasteiger partial charge < -0.3 is 10.6 Å². The summed E-state index contributed by atoms with van der Waals surface area (Å²) in [6.45, 7) is 0.339. The van der Waals surface area contributed by atoms with Gasteiger partial charge >= 0.3 is 0 Å². The molecule has 0 radical (unpaired) electrons. The quantitative estimate of drug-likeness (QED) is 0.730. The summed E-state index contributed by atoms with van der Waals surface area (Å²) < 4.78 is 0.982. The van der Waals surface area contributed by atoms with Crippen LogP contribution in [0.1, 0.15) is 17.5 Å². The summed E-state index contributed by atoms with van der Waals surface area (Å²) in [5, 5.41) is 13.9. The Labute approximate surface area is 154 Å². The van der Waals surface area contributed by atoms with Crippen molar-refractivity contribution in [2.75, 3.05) is 5.32 Å². The van der Waals surface area contributed by atoms with E-state index in [1.807, 2.05) is 30.3 Å². The molecule has 5 nitrogen and oxygen atoms in total. The molecule has 0 fully saturated rings. The highest BCUT2D eigenvalue weighted by Gasteiger charge is 2.03. The first-order chi connectivity index (χ1) is 12.1. The van der Waals surface area contributed by atoms with Crippen molar-refractivity contribution in [1.29, 1.82) is 5.26 Å². The number of nitrogens with zero attached hydrogens (tertiary/aromatic N) is 1. The molecule has 2 aromatic carbocycles. The SMILES string of the molecule is N#CCC(=O)Nc1cccc(CNC(=O)/C=C/c2ccc(Br)cc2)c1. The summed E-state index contributed by atoms with van der Waals surface area (Å²) in [7, 11) is 0. The minimum absolute atomic E-state index is 0.193. The summed E-state index contributed by atoms with van der Waals surface area (Å²) in [4.78, 5) is 23.3. The van der Waals surface area contributed by atoms with Gasteiger partial charge in [0, 0.05) is 22.8 Å². The fraction of sp³-hybridized carbons (Fsp3) is 0.105. The number of halogens is 1. The molecule has 126 valence electrons. The maximum atomic E-state index is 11.9. The number of hydrogen-bond acceptors (Lipinski definition) is 3. The topological polar surface area (TPSA) is 82.0 Å². The Balaban J connectivity index is 1.88. The lowest BCUT2D eigenvalue weighted by atomic mass is 10.2. The molecule has 0 bridgehead atoms. The predicted molar refractivity (Wildman–Crippen MR) is 100 cm³/mol. The summed E-state index contributed by atoms with van der Waals surface area (Å²) in [5.74, 6) is -0.567. The van der Waals surface area contributed by atoms with Crippen LogP contribution < -0.4 is 10.6 Å². The van der Waals surface area contributed by atoms with E-state index in [4.69, 9.17) is 5.26 Å². The van der Waals surface area contributed by atoms with Crippen LogP contribution in [0.5, 0.6) is 0 Å². The van der Waals surface area contributed by atoms with Crippen molar-refractivity contribution in [3.63, 3.8) is 0 Å². The Morgan fingerprint density at radius 2 is 1.92 bits per heavy atom. The molecule has 0 unspecified atom stereocenters. The first-order valence-electron chi connectivity index (χ1n) is 7.54. The second-order valence-corrected chi connectivity index (χ2v) is 6.10. The standard InChI is InChI=1S/C19H16BrN3O2/c20-16-7-4-14(5-8-16)6-9-18(24)22-13-15-2-1-3-17(12-15)23-19(25)10-11-21/h1-9,12H,10,13H2,(H,22,24)(H,23,25)/b9-6+. The third-order valence-electron chi connectivity index (χ3n) is 3.21. The van der Waals surface area contributed by atoms with Crippen LogP contribution in [0.25, 0.3) is 6.08 Å². The minimum atomic E-state index is -0.360. The molecule has 0 atom stereocenters. The lowest BCUT2D eigenvalue weighted by Gasteiger charge is -2.07. The van der Waals surface area contributed by atoms with Gasteiger partial charge in [-0.1, -0.05) is 40.2 Å². The third-order valence-corrected chi connectivity index (χ3v) is 3.74. The minimum Gasteiger partial charge on any atom is -0.348 e. The summed E-state index contributed by atoms with van der Waals surface area (Å²) in [6.07, 6.45) is 3.02. The normalized spacial score (nSPS) is 10.2. The van der Waals surface area contributed by atoms with Gasteiger partial charge in [0.2, 0.25) is 11.8 Å². The van der Waals surface area contributed by atoms with Crippen molar-refractivity contribution >= 4 is 39.5 Å². The first-order valence-corrected chi connectivity index (χ1v) is 8.33. The first kappa shape index (κ1) is 18.4. The Hall–Kier alpha value is -2.91. The van der Waals surface area contributed by atoms with Crippen molar-refractivity contribution in [3.8, 4) is 6.07 Å². The fourth-order valence-corrected chi connectivity index (χ4v) is 2.29. The summed E-state index contributed by atoms with van der Waals surface area (Å²) in [5.41, 5.74) is 2.37. The maximum Gasteiger partial charge on any atom is 0.244 e. The van der Waals surface area contributed by atoms with Crippen LogP contribution in [0.4, 0.5) is 5.69 Å². The molecule has 0 saturated carbocycles. The molecule has 0 aliphatic rings. The second-order valence-electron chi connectivity index (χ2n) is 5.19. The molecule has 0 aromatic heterocycles. The molecule has 2 rings (SSSR count). The molecule has 0 heterocycles. The number of benzene rings is 2. The number of nitriles is 1. The van der Waals surface area contributed by atoms with Gasteiger partial charge in [0.05, 0.1) is 6.07 Å². The Bertz CT molecular complexity index is 823. The monoisotopic (exact) mass is 397 g/mol. The van der Waals surface area contributed by atoms with E-state index in [2.05, 4.69) is 26.6 Å². The average molecular weight is 398 g/mol. The van der Waals surface area contributed by atoms with Crippen LogP contribution in [0.2, 0.25) is 0 Å². The van der Waals surface area contributed by atoms with Gasteiger partial charge in [-0.25, -0.2) is 0 Å². The van der Waals surface area contributed by atoms with Gasteiger partial charge in [0.1, 0.15) is 6.42 Å². The molecule has 0 aliphatic carbocycles. The highest BCUT2D eigenvalue weighted by Crippen LogP contribution is 2.12. The van der Waals surface area contributed by atoms with Crippen molar-refractivity contribution < 1.29 is 9.59 Å². The third kappa shape index (κ3) is 6.61. The predicted octanol–water partition coefficient (Wildman–Crippen LogP) is 3.63. The fourth-order valence-electron chi connectivity index (χ4n) is 2.03. The number of carbonyl (C=O) groups excluding carboxylic acids is 2. The zero-order chi connectivity index (χ0) is 18.1. The van der Waals surface area contributed by atoms with E-state index < -0.39 is 0 Å². The second kappa shape index (κ2) is 9.40. The van der Waals surface area contributed by atoms with Crippen molar-refractivity contribution in [3.05, 3.63) is 70.2 Å². The largest absolute Gasteiger partial charge is 0.348 e. The molecule has 0 aliphatic heterocycles. The highest BCUT2D eigenvalue weighted by atomic mass is 79.9. The van der Waals surface area contributed by atoms with Gasteiger partial charge in [-0.05, 0) is 41.5 Å². The molecule has 25 heavy (non-hydrogen) atoms. The molecule has 6 heteroatoms. The lowest BCUT2D eigenvalue weighted by molar-refractivity contribution is -0.117. The number of rotatable bonds is 6. The van der Waals surface area contributed by atoms with E-state index in [-0.39, 0.29) is 18.2 Å². The summed E-state index contributed by atoms with van der Waals surface area (Å²) >= 11 is 3.36. The number of anilines is 1. The van der Waals surface area contributed by atoms with Crippen LogP contribution in [0.15, 0.2) is 59.1 Å². The molecule has 2 aromatic rings. The lowest BCUT2D eigenvalue weighted by Crippen LogP contribution is -2.20. The smallest absolute Gasteiger partial charge is 0.244 e. The van der Waals surface area contributed by atoms with Gasteiger partial charge in [0.25, 0.3) is 0 Å². The van der Waals surface area contributed by atoms with E-state index in [9.17, 15) is 9.59 Å². The van der Waals surface area contributed by atoms with Crippen LogP contribution in [0.3, 0.4) is 0 Å². The highest BCUT2D eigenvalue weighted by molar-refractivity contribution is 9.10. The molecule has 2 N–H and O–H groups in total. The summed E-state index contributed by atoms with van der Waals surface area (Å²) in [6, 6.07) is 16.5. The average Bonchev–Trinajstić information content (AvgIpc) is 2.60. The van der Waals surface area contributed by atoms with Gasteiger partial charge in [0.15, 0.2) is 0 Å². The number of amides is 2. The molecule has 0 spiro atoms. The molecular formula is C19H16BrN3O2. The van der Waals surface area contributed by atoms with E-state index >= 15 is 0 Å². The van der Waals surface area contributed by atoms with Crippen LogP contribution in [0, 0.1) is 11.3 Å². The van der Waals surface area contributed by atoms with E-state index in [0.717, 1.165) is 15.6 Å². The molecule has 0 saturated heterocycles. The Morgan fingerprint density at radius 1 is 1.16 bits per heavy atom.